The van der Waals surface area contributed by atoms with E-state index in [1.54, 1.807) is 0 Å². The van der Waals surface area contributed by atoms with Crippen molar-refractivity contribution in [2.45, 2.75) is 51.6 Å². The average molecular weight is 466 g/mol. The monoisotopic (exact) mass is 465 g/mol. The Hall–Kier alpha value is -3.05. The van der Waals surface area contributed by atoms with Gasteiger partial charge in [0.05, 0.1) is 24.7 Å². The van der Waals surface area contributed by atoms with E-state index < -0.39 is 11.9 Å². The topological polar surface area (TPSA) is 64.6 Å². The molecule has 0 spiro atoms. The average Bonchev–Trinajstić information content (AvgIpc) is 2.78. The molecule has 1 aliphatic heterocycles. The first kappa shape index (κ1) is 23.1. The summed E-state index contributed by atoms with van der Waals surface area (Å²) in [5, 5.41) is 4.02. The van der Waals surface area contributed by atoms with E-state index in [1.165, 1.54) is 7.11 Å². The number of rotatable bonds is 5. The molecule has 33 heavy (non-hydrogen) atoms. The van der Waals surface area contributed by atoms with Crippen molar-refractivity contribution in [1.82, 2.24) is 5.32 Å². The molecule has 4 rings (SSSR count). The molecule has 2 aromatic carbocycles. The summed E-state index contributed by atoms with van der Waals surface area (Å²) >= 11 is 6.06. The normalized spacial score (nSPS) is 20.5. The highest BCUT2D eigenvalue weighted by Crippen LogP contribution is 2.47. The maximum atomic E-state index is 13.6. The summed E-state index contributed by atoms with van der Waals surface area (Å²) in [4.78, 5) is 26.5. The molecule has 2 atom stereocenters. The summed E-state index contributed by atoms with van der Waals surface area (Å²) in [6.07, 6.45) is 0.974. The van der Waals surface area contributed by atoms with Crippen LogP contribution >= 0.6 is 11.6 Å². The first-order valence-corrected chi connectivity index (χ1v) is 11.5. The van der Waals surface area contributed by atoms with E-state index in [0.29, 0.717) is 40.5 Å². The van der Waals surface area contributed by atoms with Crippen LogP contribution in [0.5, 0.6) is 5.75 Å². The third kappa shape index (κ3) is 4.55. The van der Waals surface area contributed by atoms with Crippen molar-refractivity contribution in [3.8, 4) is 5.75 Å². The fourth-order valence-electron chi connectivity index (χ4n) is 4.78. The van der Waals surface area contributed by atoms with E-state index >= 15 is 0 Å². The minimum absolute atomic E-state index is 0.0157. The van der Waals surface area contributed by atoms with Crippen LogP contribution in [-0.4, -0.2) is 25.0 Å². The van der Waals surface area contributed by atoms with E-state index in [1.807, 2.05) is 69.3 Å². The minimum atomic E-state index is -0.553. The number of ether oxygens (including phenoxy) is 2. The number of allylic oxidation sites excluding steroid dienone is 3. The van der Waals surface area contributed by atoms with Crippen LogP contribution in [0.4, 0.5) is 0 Å². The lowest BCUT2D eigenvalue weighted by Crippen LogP contribution is -2.36. The van der Waals surface area contributed by atoms with E-state index in [2.05, 4.69) is 5.32 Å². The molecule has 0 fully saturated rings. The molecule has 6 heteroatoms. The van der Waals surface area contributed by atoms with Crippen molar-refractivity contribution < 1.29 is 19.1 Å². The van der Waals surface area contributed by atoms with Crippen LogP contribution in [0, 0.1) is 0 Å². The molecule has 0 radical (unpaired) electrons. The number of esters is 1. The molecule has 1 aliphatic carbocycles. The number of hydrogen-bond acceptors (Lipinski definition) is 5. The molecule has 2 aromatic rings. The molecule has 0 amide bonds. The first-order chi connectivity index (χ1) is 15.8. The van der Waals surface area contributed by atoms with Crippen LogP contribution < -0.4 is 10.1 Å². The zero-order valence-corrected chi connectivity index (χ0v) is 20.0. The molecular weight excluding hydrogens is 438 g/mol. The van der Waals surface area contributed by atoms with E-state index in [4.69, 9.17) is 21.1 Å². The zero-order chi connectivity index (χ0) is 23.7. The van der Waals surface area contributed by atoms with Gasteiger partial charge < -0.3 is 14.8 Å². The lowest BCUT2D eigenvalue weighted by Gasteiger charge is -2.37. The lowest BCUT2D eigenvalue weighted by molar-refractivity contribution is -0.136. The number of carbonyl (C=O) groups is 2. The van der Waals surface area contributed by atoms with E-state index in [9.17, 15) is 9.59 Å². The second kappa shape index (κ2) is 9.44. The van der Waals surface area contributed by atoms with Crippen molar-refractivity contribution in [2.24, 2.45) is 0 Å². The van der Waals surface area contributed by atoms with Crippen molar-refractivity contribution in [1.29, 1.82) is 0 Å². The Bertz CT molecular complexity index is 1150. The second-order valence-electron chi connectivity index (χ2n) is 8.76. The van der Waals surface area contributed by atoms with Gasteiger partial charge in [-0.25, -0.2) is 4.79 Å². The number of ketones is 1. The zero-order valence-electron chi connectivity index (χ0n) is 19.3. The predicted octanol–water partition coefficient (Wildman–Crippen LogP) is 5.66. The Kier molecular flexibility index (Phi) is 6.61. The van der Waals surface area contributed by atoms with Crippen molar-refractivity contribution in [2.75, 3.05) is 7.11 Å². The number of carbonyl (C=O) groups excluding carboxylic acids is 2. The molecule has 5 nitrogen and oxygen atoms in total. The molecule has 0 bridgehead atoms. The third-order valence-electron chi connectivity index (χ3n) is 6.17. The highest BCUT2D eigenvalue weighted by Gasteiger charge is 2.42. The maximum Gasteiger partial charge on any atom is 0.336 e. The van der Waals surface area contributed by atoms with Gasteiger partial charge in [0.25, 0.3) is 0 Å². The molecule has 0 saturated carbocycles. The lowest BCUT2D eigenvalue weighted by atomic mass is 9.71. The SMILES string of the molecule is COC(=O)C1=C(C)NC2=C(C(=O)CC(c3ccc(Cl)cc3)C2)C1c1ccccc1OC(C)C. The summed E-state index contributed by atoms with van der Waals surface area (Å²) < 4.78 is 11.2. The Morgan fingerprint density at radius 1 is 1.09 bits per heavy atom. The highest BCUT2D eigenvalue weighted by atomic mass is 35.5. The number of halogens is 1. The van der Waals surface area contributed by atoms with Crippen LogP contribution in [-0.2, 0) is 14.3 Å². The van der Waals surface area contributed by atoms with E-state index in [0.717, 1.165) is 16.8 Å². The van der Waals surface area contributed by atoms with Crippen molar-refractivity contribution in [3.05, 3.63) is 87.2 Å². The van der Waals surface area contributed by atoms with Gasteiger partial charge in [-0.2, -0.15) is 0 Å². The smallest absolute Gasteiger partial charge is 0.336 e. The molecular formula is C27H28ClNO4. The number of nitrogens with one attached hydrogen (secondary N) is 1. The van der Waals surface area contributed by atoms with Gasteiger partial charge in [0.1, 0.15) is 5.75 Å². The Labute approximate surface area is 199 Å². The Morgan fingerprint density at radius 2 is 1.79 bits per heavy atom. The van der Waals surface area contributed by atoms with Gasteiger partial charge in [-0.3, -0.25) is 4.79 Å². The number of benzene rings is 2. The van der Waals surface area contributed by atoms with Gasteiger partial charge in [0, 0.05) is 34.0 Å². The van der Waals surface area contributed by atoms with Gasteiger partial charge >= 0.3 is 5.97 Å². The van der Waals surface area contributed by atoms with Crippen molar-refractivity contribution in [3.63, 3.8) is 0 Å². The van der Waals surface area contributed by atoms with Crippen molar-refractivity contribution >= 4 is 23.4 Å². The van der Waals surface area contributed by atoms with Crippen LogP contribution in [0.1, 0.15) is 56.6 Å². The van der Waals surface area contributed by atoms with Gasteiger partial charge in [-0.1, -0.05) is 41.9 Å². The number of Topliss-reactive ketones (excluding diaryl/α,β-unsaturated/α-hetero) is 1. The van der Waals surface area contributed by atoms with Crippen LogP contribution in [0.25, 0.3) is 0 Å². The van der Waals surface area contributed by atoms with Crippen LogP contribution in [0.15, 0.2) is 71.1 Å². The quantitative estimate of drug-likeness (QED) is 0.577. The summed E-state index contributed by atoms with van der Waals surface area (Å²) in [7, 11) is 1.36. The summed E-state index contributed by atoms with van der Waals surface area (Å²) in [5.74, 6) is -0.294. The summed E-state index contributed by atoms with van der Waals surface area (Å²) in [5.41, 5.74) is 4.45. The number of hydrogen-bond donors (Lipinski definition) is 1. The molecule has 2 aliphatic rings. The maximum absolute atomic E-state index is 13.6. The number of dihydropyridines is 1. The molecule has 1 heterocycles. The molecule has 172 valence electrons. The first-order valence-electron chi connectivity index (χ1n) is 11.1. The minimum Gasteiger partial charge on any atom is -0.491 e. The third-order valence-corrected chi connectivity index (χ3v) is 6.42. The largest absolute Gasteiger partial charge is 0.491 e. The van der Waals surface area contributed by atoms with Gasteiger partial charge in [0.15, 0.2) is 5.78 Å². The molecule has 0 saturated heterocycles. The van der Waals surface area contributed by atoms with Gasteiger partial charge in [-0.15, -0.1) is 0 Å². The summed E-state index contributed by atoms with van der Waals surface area (Å²) in [6, 6.07) is 15.2. The Balaban J connectivity index is 1.83. The Morgan fingerprint density at radius 3 is 2.45 bits per heavy atom. The predicted molar refractivity (Wildman–Crippen MR) is 128 cm³/mol. The van der Waals surface area contributed by atoms with Crippen LogP contribution in [0.3, 0.4) is 0 Å². The van der Waals surface area contributed by atoms with Crippen LogP contribution in [0.2, 0.25) is 5.02 Å². The number of methoxy groups -OCH3 is 1. The summed E-state index contributed by atoms with van der Waals surface area (Å²) in [6.45, 7) is 5.76. The fourth-order valence-corrected chi connectivity index (χ4v) is 4.91. The standard InChI is InChI=1S/C27H28ClNO4/c1-15(2)33-23-8-6-5-7-20(23)25-24(27(31)32-4)16(3)29-21-13-18(14-22(30)26(21)25)17-9-11-19(28)12-10-17/h5-12,15,18,25,29H,13-14H2,1-4H3. The number of para-hydroxylation sites is 1. The van der Waals surface area contributed by atoms with E-state index in [-0.39, 0.29) is 17.8 Å². The second-order valence-corrected chi connectivity index (χ2v) is 9.20. The highest BCUT2D eigenvalue weighted by molar-refractivity contribution is 6.30. The molecule has 0 aromatic heterocycles. The van der Waals surface area contributed by atoms with Gasteiger partial charge in [0.2, 0.25) is 0 Å². The van der Waals surface area contributed by atoms with Gasteiger partial charge in [-0.05, 0) is 56.9 Å². The molecule has 2 unspecified atom stereocenters. The fraction of sp³-hybridized carbons (Fsp3) is 0.333. The molecule has 1 N–H and O–H groups in total.